The van der Waals surface area contributed by atoms with Crippen molar-refractivity contribution in [1.82, 2.24) is 20.6 Å². The van der Waals surface area contributed by atoms with Crippen molar-refractivity contribution in [2.75, 3.05) is 0 Å². The third kappa shape index (κ3) is 5.60. The summed E-state index contributed by atoms with van der Waals surface area (Å²) in [5.41, 5.74) is 4.64. The monoisotopic (exact) mass is 466 g/mol. The molecule has 0 radical (unpaired) electrons. The van der Waals surface area contributed by atoms with Crippen LogP contribution in [0.1, 0.15) is 71.5 Å². The molecule has 5 rings (SSSR count). The average Bonchev–Trinajstić information content (AvgIpc) is 3.01. The van der Waals surface area contributed by atoms with Gasteiger partial charge in [0.25, 0.3) is 11.8 Å². The lowest BCUT2D eigenvalue weighted by Crippen LogP contribution is -2.34. The minimum Gasteiger partial charge on any atom is -0.349 e. The quantitative estimate of drug-likeness (QED) is 0.423. The van der Waals surface area contributed by atoms with E-state index in [1.807, 2.05) is 60.7 Å². The fourth-order valence-corrected chi connectivity index (χ4v) is 4.66. The predicted octanol–water partition coefficient (Wildman–Crippen LogP) is 5.67. The molecule has 0 atom stereocenters. The van der Waals surface area contributed by atoms with Crippen molar-refractivity contribution in [2.45, 2.75) is 51.0 Å². The first-order valence-electron chi connectivity index (χ1n) is 12.4. The van der Waals surface area contributed by atoms with Crippen molar-refractivity contribution in [3.05, 3.63) is 95.5 Å². The van der Waals surface area contributed by atoms with Gasteiger partial charge in [0, 0.05) is 34.9 Å². The number of rotatable bonds is 5. The molecule has 35 heavy (non-hydrogen) atoms. The highest BCUT2D eigenvalue weighted by molar-refractivity contribution is 5.98. The minimum absolute atomic E-state index is 0.0229. The van der Waals surface area contributed by atoms with Crippen LogP contribution >= 0.6 is 0 Å². The summed E-state index contributed by atoms with van der Waals surface area (Å²) in [4.78, 5) is 33.4. The number of allylic oxidation sites excluding steroid dienone is 5. The van der Waals surface area contributed by atoms with Crippen LogP contribution < -0.4 is 10.6 Å². The number of aromatic nitrogens is 2. The first kappa shape index (κ1) is 22.8. The number of H-pyrrole nitrogens is 1. The Morgan fingerprint density at radius 2 is 1.69 bits per heavy atom. The van der Waals surface area contributed by atoms with Crippen molar-refractivity contribution in [2.24, 2.45) is 0 Å². The molecule has 2 amide bonds. The van der Waals surface area contributed by atoms with Crippen LogP contribution in [-0.4, -0.2) is 27.8 Å². The van der Waals surface area contributed by atoms with Crippen LogP contribution in [0.5, 0.6) is 0 Å². The predicted molar refractivity (Wildman–Crippen MR) is 139 cm³/mol. The van der Waals surface area contributed by atoms with Crippen LogP contribution in [0.3, 0.4) is 0 Å². The van der Waals surface area contributed by atoms with Crippen molar-refractivity contribution < 1.29 is 9.59 Å². The first-order chi connectivity index (χ1) is 17.2. The number of amides is 2. The van der Waals surface area contributed by atoms with Gasteiger partial charge in [0.1, 0.15) is 5.82 Å². The van der Waals surface area contributed by atoms with Gasteiger partial charge in [-0.3, -0.25) is 9.59 Å². The Morgan fingerprint density at radius 1 is 0.886 bits per heavy atom. The zero-order valence-corrected chi connectivity index (χ0v) is 19.7. The molecule has 6 nitrogen and oxygen atoms in total. The molecule has 2 aromatic carbocycles. The molecule has 178 valence electrons. The Balaban J connectivity index is 1.30. The smallest absolute Gasteiger partial charge is 0.255 e. The van der Waals surface area contributed by atoms with Gasteiger partial charge in [-0.25, -0.2) is 4.98 Å². The summed E-state index contributed by atoms with van der Waals surface area (Å²) in [5.74, 6) is 0.579. The molecule has 1 saturated carbocycles. The molecular formula is C29H30N4O2. The Labute approximate surface area is 205 Å². The number of carbonyl (C=O) groups is 2. The fraction of sp³-hybridized carbons (Fsp3) is 0.276. The number of imidazole rings is 1. The van der Waals surface area contributed by atoms with E-state index in [0.717, 1.165) is 41.0 Å². The van der Waals surface area contributed by atoms with E-state index in [9.17, 15) is 9.59 Å². The summed E-state index contributed by atoms with van der Waals surface area (Å²) >= 11 is 0. The van der Waals surface area contributed by atoms with Gasteiger partial charge < -0.3 is 15.6 Å². The number of nitrogens with one attached hydrogen (secondary N) is 3. The molecule has 2 aliphatic carbocycles. The van der Waals surface area contributed by atoms with Crippen LogP contribution in [0.2, 0.25) is 0 Å². The Morgan fingerprint density at radius 3 is 2.49 bits per heavy atom. The Hall–Kier alpha value is -3.93. The zero-order chi connectivity index (χ0) is 24.0. The van der Waals surface area contributed by atoms with Gasteiger partial charge in [-0.1, -0.05) is 56.0 Å². The summed E-state index contributed by atoms with van der Waals surface area (Å²) < 4.78 is 0. The molecule has 0 bridgehead atoms. The van der Waals surface area contributed by atoms with Crippen molar-refractivity contribution >= 4 is 28.4 Å². The number of nitrogens with zero attached hydrogens (tertiary/aromatic N) is 1. The highest BCUT2D eigenvalue weighted by Crippen LogP contribution is 2.23. The summed E-state index contributed by atoms with van der Waals surface area (Å²) in [6.07, 6.45) is 15.5. The molecule has 0 spiro atoms. The Kier molecular flexibility index (Phi) is 6.89. The molecule has 6 heteroatoms. The minimum atomic E-state index is -0.125. The number of carbonyl (C=O) groups excluding carboxylic acids is 2. The van der Waals surface area contributed by atoms with Gasteiger partial charge in [-0.05, 0) is 55.3 Å². The van der Waals surface area contributed by atoms with E-state index in [2.05, 4.69) is 15.6 Å². The SMILES string of the molecule is O=C(NC1=CC=C(c2nc3ccc(C(=O)NC4CCCCCC4)cc3[nH]2)C=CC1)c1ccccc1. The standard InChI is InChI=1S/C29H30N4O2/c34-28(21-9-4-3-5-10-21)31-24-14-8-11-20(15-17-24)27-32-25-18-16-22(19-26(25)33-27)29(35)30-23-12-6-1-2-7-13-23/h3-5,8-11,15-19,23H,1-2,6-7,12-14H2,(H,30,35)(H,31,34)(H,32,33). The molecule has 0 unspecified atom stereocenters. The second-order valence-corrected chi connectivity index (χ2v) is 9.22. The second-order valence-electron chi connectivity index (χ2n) is 9.22. The van der Waals surface area contributed by atoms with Crippen molar-refractivity contribution in [3.63, 3.8) is 0 Å². The van der Waals surface area contributed by atoms with Crippen molar-refractivity contribution in [3.8, 4) is 0 Å². The van der Waals surface area contributed by atoms with E-state index in [1.165, 1.54) is 25.7 Å². The zero-order valence-electron chi connectivity index (χ0n) is 19.7. The topological polar surface area (TPSA) is 86.9 Å². The molecule has 0 aliphatic heterocycles. The maximum absolute atomic E-state index is 12.8. The van der Waals surface area contributed by atoms with Gasteiger partial charge >= 0.3 is 0 Å². The summed E-state index contributed by atoms with van der Waals surface area (Å²) in [6.45, 7) is 0. The third-order valence-electron chi connectivity index (χ3n) is 6.62. The number of benzene rings is 2. The van der Waals surface area contributed by atoms with Crippen LogP contribution in [0.15, 0.2) is 78.5 Å². The van der Waals surface area contributed by atoms with E-state index in [0.29, 0.717) is 17.5 Å². The number of hydrogen-bond donors (Lipinski definition) is 3. The molecular weight excluding hydrogens is 436 g/mol. The lowest BCUT2D eigenvalue weighted by atomic mass is 10.1. The fourth-order valence-electron chi connectivity index (χ4n) is 4.66. The van der Waals surface area contributed by atoms with Crippen LogP contribution in [0, 0.1) is 0 Å². The average molecular weight is 467 g/mol. The molecule has 1 aromatic heterocycles. The third-order valence-corrected chi connectivity index (χ3v) is 6.62. The molecule has 0 saturated heterocycles. The number of fused-ring (bicyclic) bond motifs is 1. The van der Waals surface area contributed by atoms with Gasteiger partial charge in [-0.2, -0.15) is 0 Å². The van der Waals surface area contributed by atoms with E-state index in [-0.39, 0.29) is 17.9 Å². The van der Waals surface area contributed by atoms with Gasteiger partial charge in [0.05, 0.1) is 11.0 Å². The summed E-state index contributed by atoms with van der Waals surface area (Å²) in [6, 6.07) is 15.0. The molecule has 3 aromatic rings. The maximum Gasteiger partial charge on any atom is 0.255 e. The van der Waals surface area contributed by atoms with Gasteiger partial charge in [0.2, 0.25) is 0 Å². The van der Waals surface area contributed by atoms with E-state index in [1.54, 1.807) is 12.1 Å². The second kappa shape index (κ2) is 10.6. The highest BCUT2D eigenvalue weighted by Gasteiger charge is 2.17. The molecule has 1 heterocycles. The molecule has 1 fully saturated rings. The van der Waals surface area contributed by atoms with Gasteiger partial charge in [0.15, 0.2) is 0 Å². The van der Waals surface area contributed by atoms with Crippen molar-refractivity contribution in [1.29, 1.82) is 0 Å². The summed E-state index contributed by atoms with van der Waals surface area (Å²) in [5, 5.41) is 6.19. The molecule has 3 N–H and O–H groups in total. The maximum atomic E-state index is 12.8. The lowest BCUT2D eigenvalue weighted by molar-refractivity contribution is 0.0931. The number of aromatic amines is 1. The Bertz CT molecular complexity index is 1310. The normalized spacial score (nSPS) is 16.7. The largest absolute Gasteiger partial charge is 0.349 e. The molecule has 2 aliphatic rings. The van der Waals surface area contributed by atoms with Crippen LogP contribution in [0.25, 0.3) is 16.6 Å². The highest BCUT2D eigenvalue weighted by atomic mass is 16.2. The number of hydrogen-bond acceptors (Lipinski definition) is 3. The van der Waals surface area contributed by atoms with Gasteiger partial charge in [-0.15, -0.1) is 0 Å². The lowest BCUT2D eigenvalue weighted by Gasteiger charge is -2.16. The van der Waals surface area contributed by atoms with Crippen LogP contribution in [-0.2, 0) is 0 Å². The summed E-state index contributed by atoms with van der Waals surface area (Å²) in [7, 11) is 0. The first-order valence-corrected chi connectivity index (χ1v) is 12.4. The van der Waals surface area contributed by atoms with E-state index in [4.69, 9.17) is 4.98 Å². The van der Waals surface area contributed by atoms with Crippen LogP contribution in [0.4, 0.5) is 0 Å². The van der Waals surface area contributed by atoms with E-state index >= 15 is 0 Å². The van der Waals surface area contributed by atoms with E-state index < -0.39 is 0 Å².